The van der Waals surface area contributed by atoms with E-state index in [1.807, 2.05) is 4.68 Å². The van der Waals surface area contributed by atoms with Crippen LogP contribution in [0.3, 0.4) is 0 Å². The average molecular weight is 270 g/mol. The predicted octanol–water partition coefficient (Wildman–Crippen LogP) is 4.09. The van der Waals surface area contributed by atoms with Crippen molar-refractivity contribution in [3.8, 4) is 0 Å². The van der Waals surface area contributed by atoms with Gasteiger partial charge in [0.1, 0.15) is 0 Å². The molecule has 1 unspecified atom stereocenters. The zero-order valence-corrected chi connectivity index (χ0v) is 12.4. The van der Waals surface area contributed by atoms with Crippen LogP contribution in [0.2, 0.25) is 5.02 Å². The van der Waals surface area contributed by atoms with E-state index in [2.05, 4.69) is 25.9 Å². The second-order valence-electron chi connectivity index (χ2n) is 5.82. The number of halogens is 1. The van der Waals surface area contributed by atoms with Crippen LogP contribution in [0.15, 0.2) is 6.20 Å². The van der Waals surface area contributed by atoms with E-state index in [0.717, 1.165) is 17.1 Å². The van der Waals surface area contributed by atoms with Crippen molar-refractivity contribution in [2.45, 2.75) is 65.0 Å². The maximum atomic E-state index is 6.58. The van der Waals surface area contributed by atoms with Gasteiger partial charge in [0.15, 0.2) is 0 Å². The Bertz CT molecular complexity index is 405. The maximum Gasteiger partial charge on any atom is 0.0834 e. The second-order valence-corrected chi connectivity index (χ2v) is 6.22. The van der Waals surface area contributed by atoms with Gasteiger partial charge < -0.3 is 5.73 Å². The monoisotopic (exact) mass is 269 g/mol. The molecule has 3 nitrogen and oxygen atoms in total. The van der Waals surface area contributed by atoms with Crippen molar-refractivity contribution in [1.29, 1.82) is 0 Å². The van der Waals surface area contributed by atoms with Crippen LogP contribution in [0.5, 0.6) is 0 Å². The smallest absolute Gasteiger partial charge is 0.0834 e. The van der Waals surface area contributed by atoms with E-state index in [0.29, 0.717) is 6.04 Å². The first-order valence-electron chi connectivity index (χ1n) is 7.00. The van der Waals surface area contributed by atoms with Crippen LogP contribution in [0.1, 0.15) is 70.7 Å². The SMILES string of the molecule is CCC1(C(N)c2c(Cl)cnn2C(C)C)CCCC1. The van der Waals surface area contributed by atoms with Crippen LogP contribution >= 0.6 is 11.6 Å². The van der Waals surface area contributed by atoms with Crippen molar-refractivity contribution in [2.75, 3.05) is 0 Å². The molecule has 1 aliphatic carbocycles. The van der Waals surface area contributed by atoms with Gasteiger partial charge in [0, 0.05) is 6.04 Å². The lowest BCUT2D eigenvalue weighted by Crippen LogP contribution is -2.34. The highest BCUT2D eigenvalue weighted by molar-refractivity contribution is 6.31. The van der Waals surface area contributed by atoms with Crippen molar-refractivity contribution in [3.05, 3.63) is 16.9 Å². The maximum absolute atomic E-state index is 6.58. The Kier molecular flexibility index (Phi) is 4.02. The largest absolute Gasteiger partial charge is 0.322 e. The van der Waals surface area contributed by atoms with E-state index in [9.17, 15) is 0 Å². The molecule has 2 N–H and O–H groups in total. The number of hydrogen-bond acceptors (Lipinski definition) is 2. The molecule has 1 aromatic heterocycles. The molecule has 0 saturated heterocycles. The molecular weight excluding hydrogens is 246 g/mol. The molecule has 0 radical (unpaired) electrons. The molecule has 18 heavy (non-hydrogen) atoms. The van der Waals surface area contributed by atoms with Crippen molar-refractivity contribution in [2.24, 2.45) is 11.1 Å². The zero-order valence-electron chi connectivity index (χ0n) is 11.6. The molecule has 0 aliphatic heterocycles. The van der Waals surface area contributed by atoms with Crippen LogP contribution in [-0.4, -0.2) is 9.78 Å². The molecule has 1 atom stereocenters. The first-order chi connectivity index (χ1) is 8.52. The van der Waals surface area contributed by atoms with Gasteiger partial charge in [-0.05, 0) is 38.5 Å². The van der Waals surface area contributed by atoms with Gasteiger partial charge in [-0.25, -0.2) is 0 Å². The Morgan fingerprint density at radius 3 is 2.56 bits per heavy atom. The highest BCUT2D eigenvalue weighted by Crippen LogP contribution is 2.50. The van der Waals surface area contributed by atoms with Crippen molar-refractivity contribution in [3.63, 3.8) is 0 Å². The van der Waals surface area contributed by atoms with Gasteiger partial charge in [-0.15, -0.1) is 0 Å². The molecule has 102 valence electrons. The molecule has 1 heterocycles. The van der Waals surface area contributed by atoms with Gasteiger partial charge in [0.05, 0.1) is 23.0 Å². The third kappa shape index (κ3) is 2.19. The summed E-state index contributed by atoms with van der Waals surface area (Å²) in [5.74, 6) is 0. The first-order valence-corrected chi connectivity index (χ1v) is 7.38. The topological polar surface area (TPSA) is 43.8 Å². The Balaban J connectivity index is 2.38. The molecule has 0 aromatic carbocycles. The second kappa shape index (κ2) is 5.22. The number of hydrogen-bond donors (Lipinski definition) is 1. The van der Waals surface area contributed by atoms with Crippen LogP contribution in [0, 0.1) is 5.41 Å². The lowest BCUT2D eigenvalue weighted by atomic mass is 9.75. The van der Waals surface area contributed by atoms with Crippen molar-refractivity contribution >= 4 is 11.6 Å². The fourth-order valence-corrected chi connectivity index (χ4v) is 3.55. The Morgan fingerprint density at radius 2 is 2.06 bits per heavy atom. The van der Waals surface area contributed by atoms with Gasteiger partial charge in [0.2, 0.25) is 0 Å². The van der Waals surface area contributed by atoms with Gasteiger partial charge in [-0.3, -0.25) is 4.68 Å². The molecule has 0 amide bonds. The van der Waals surface area contributed by atoms with E-state index in [4.69, 9.17) is 17.3 Å². The third-order valence-electron chi connectivity index (χ3n) is 4.53. The molecule has 0 spiro atoms. The third-order valence-corrected chi connectivity index (χ3v) is 4.83. The van der Waals surface area contributed by atoms with Crippen LogP contribution < -0.4 is 5.73 Å². The normalized spacial score (nSPS) is 20.6. The summed E-state index contributed by atoms with van der Waals surface area (Å²) in [6, 6.07) is 0.302. The Morgan fingerprint density at radius 1 is 1.44 bits per heavy atom. The fraction of sp³-hybridized carbons (Fsp3) is 0.786. The minimum absolute atomic E-state index is 0.00222. The van der Waals surface area contributed by atoms with Crippen molar-refractivity contribution < 1.29 is 0 Å². The molecule has 1 saturated carbocycles. The number of nitrogens with zero attached hydrogens (tertiary/aromatic N) is 2. The Labute approximate surface area is 115 Å². The molecule has 1 aliphatic rings. The standard InChI is InChI=1S/C14H24ClN3/c1-4-14(7-5-6-8-14)13(16)12-11(15)9-17-18(12)10(2)3/h9-10,13H,4-8,16H2,1-3H3. The fourth-order valence-electron chi connectivity index (χ4n) is 3.31. The Hall–Kier alpha value is -0.540. The first kappa shape index (κ1) is 13.9. The van der Waals surface area contributed by atoms with Crippen LogP contribution in [0.25, 0.3) is 0 Å². The summed E-state index contributed by atoms with van der Waals surface area (Å²) in [5.41, 5.74) is 7.83. The summed E-state index contributed by atoms with van der Waals surface area (Å²) in [7, 11) is 0. The van der Waals surface area contributed by atoms with Gasteiger partial charge in [-0.2, -0.15) is 5.10 Å². The van der Waals surface area contributed by atoms with Crippen molar-refractivity contribution in [1.82, 2.24) is 9.78 Å². The summed E-state index contributed by atoms with van der Waals surface area (Å²) in [6.07, 6.45) is 7.85. The number of nitrogens with two attached hydrogens (primary N) is 1. The van der Waals surface area contributed by atoms with E-state index >= 15 is 0 Å². The number of aromatic nitrogens is 2. The van der Waals surface area contributed by atoms with Crippen LogP contribution in [-0.2, 0) is 0 Å². The van der Waals surface area contributed by atoms with Crippen LogP contribution in [0.4, 0.5) is 0 Å². The number of rotatable bonds is 4. The average Bonchev–Trinajstić information content (AvgIpc) is 2.95. The van der Waals surface area contributed by atoms with E-state index in [1.165, 1.54) is 25.7 Å². The van der Waals surface area contributed by atoms with Gasteiger partial charge in [0.25, 0.3) is 0 Å². The van der Waals surface area contributed by atoms with Gasteiger partial charge in [-0.1, -0.05) is 31.4 Å². The quantitative estimate of drug-likeness (QED) is 0.895. The van der Waals surface area contributed by atoms with Gasteiger partial charge >= 0.3 is 0 Å². The summed E-state index contributed by atoms with van der Waals surface area (Å²) >= 11 is 6.32. The van der Waals surface area contributed by atoms with E-state index in [-0.39, 0.29) is 11.5 Å². The predicted molar refractivity (Wildman–Crippen MR) is 75.7 cm³/mol. The summed E-state index contributed by atoms with van der Waals surface area (Å²) in [5, 5.41) is 5.10. The lowest BCUT2D eigenvalue weighted by Gasteiger charge is -2.35. The summed E-state index contributed by atoms with van der Waals surface area (Å²) < 4.78 is 1.99. The lowest BCUT2D eigenvalue weighted by molar-refractivity contribution is 0.211. The summed E-state index contributed by atoms with van der Waals surface area (Å²) in [4.78, 5) is 0. The molecule has 1 aromatic rings. The molecule has 2 rings (SSSR count). The minimum Gasteiger partial charge on any atom is -0.322 e. The molecule has 4 heteroatoms. The van der Waals surface area contributed by atoms with E-state index < -0.39 is 0 Å². The zero-order chi connectivity index (χ0) is 13.3. The molecule has 0 bridgehead atoms. The minimum atomic E-state index is 0.00222. The van der Waals surface area contributed by atoms with E-state index in [1.54, 1.807) is 6.20 Å². The molecule has 1 fully saturated rings. The highest BCUT2D eigenvalue weighted by atomic mass is 35.5. The molecular formula is C14H24ClN3. The highest BCUT2D eigenvalue weighted by Gasteiger charge is 2.41. The summed E-state index contributed by atoms with van der Waals surface area (Å²) in [6.45, 7) is 6.48.